The molecule has 2 heterocycles. The van der Waals surface area contributed by atoms with Crippen LogP contribution in [0.1, 0.15) is 12.0 Å². The van der Waals surface area contributed by atoms with Crippen molar-refractivity contribution in [3.8, 4) is 0 Å². The Labute approximate surface area is 116 Å². The van der Waals surface area contributed by atoms with E-state index in [0.29, 0.717) is 0 Å². The molecular formula is C13H17F2N5. The number of aromatic amines is 1. The van der Waals surface area contributed by atoms with Crippen LogP contribution in [0, 0.1) is 5.41 Å². The number of alkyl halides is 2. The zero-order chi connectivity index (χ0) is 14.8. The number of hydrogen-bond acceptors (Lipinski definition) is 3. The van der Waals surface area contributed by atoms with Crippen molar-refractivity contribution in [1.29, 1.82) is 5.41 Å². The maximum Gasteiger partial charge on any atom is 0.266 e. The first-order valence-electron chi connectivity index (χ1n) is 6.22. The summed E-state index contributed by atoms with van der Waals surface area (Å²) >= 11 is 0. The lowest BCUT2D eigenvalue weighted by Gasteiger charge is -2.17. The molecule has 108 valence electrons. The molecule has 5 nitrogen and oxygen atoms in total. The quantitative estimate of drug-likeness (QED) is 0.506. The van der Waals surface area contributed by atoms with Crippen LogP contribution in [0.4, 0.5) is 14.6 Å². The first kappa shape index (κ1) is 14.2. The molecule has 1 aliphatic heterocycles. The maximum atomic E-state index is 13.1. The van der Waals surface area contributed by atoms with E-state index in [9.17, 15) is 8.78 Å². The number of nitrogens with one attached hydrogen (secondary N) is 2. The standard InChI is InChI=1S/C13H17F2N5/c1-3-10-4-6-17-12(10)19(2)18-8-11(16)20-7-5-13(14,15)9-20/h3-4,6,8,16-17H,1,5,7,9H2,2H3/b16-11?,18-8-. The van der Waals surface area contributed by atoms with Crippen molar-refractivity contribution in [3.05, 3.63) is 24.4 Å². The van der Waals surface area contributed by atoms with Gasteiger partial charge in [-0.1, -0.05) is 12.7 Å². The van der Waals surface area contributed by atoms with E-state index >= 15 is 0 Å². The summed E-state index contributed by atoms with van der Waals surface area (Å²) in [6, 6.07) is 1.85. The van der Waals surface area contributed by atoms with Gasteiger partial charge in [0.25, 0.3) is 5.92 Å². The number of nitrogens with zero attached hydrogens (tertiary/aromatic N) is 3. The Hall–Kier alpha value is -2.18. The van der Waals surface area contributed by atoms with Crippen molar-refractivity contribution in [2.24, 2.45) is 5.10 Å². The van der Waals surface area contributed by atoms with Crippen molar-refractivity contribution in [1.82, 2.24) is 9.88 Å². The number of halogens is 2. The van der Waals surface area contributed by atoms with E-state index in [-0.39, 0.29) is 18.8 Å². The van der Waals surface area contributed by atoms with E-state index in [4.69, 9.17) is 5.41 Å². The lowest BCUT2D eigenvalue weighted by atomic mass is 10.3. The van der Waals surface area contributed by atoms with Gasteiger partial charge in [0.2, 0.25) is 0 Å². The third-order valence-electron chi connectivity index (χ3n) is 3.16. The van der Waals surface area contributed by atoms with E-state index in [1.807, 2.05) is 6.07 Å². The highest BCUT2D eigenvalue weighted by molar-refractivity contribution is 6.28. The molecule has 1 saturated heterocycles. The minimum atomic E-state index is -2.71. The summed E-state index contributed by atoms with van der Waals surface area (Å²) in [5.41, 5.74) is 0.879. The van der Waals surface area contributed by atoms with Crippen LogP contribution in [-0.4, -0.2) is 48.0 Å². The maximum absolute atomic E-state index is 13.1. The number of H-pyrrole nitrogens is 1. The largest absolute Gasteiger partial charge is 0.349 e. The summed E-state index contributed by atoms with van der Waals surface area (Å²) in [4.78, 5) is 4.32. The third kappa shape index (κ3) is 3.04. The van der Waals surface area contributed by atoms with E-state index in [1.54, 1.807) is 24.3 Å². The Kier molecular flexibility index (Phi) is 3.87. The Morgan fingerprint density at radius 2 is 2.40 bits per heavy atom. The molecule has 0 atom stereocenters. The number of likely N-dealkylation sites (tertiary alicyclic amines) is 1. The molecule has 2 rings (SSSR count). The smallest absolute Gasteiger partial charge is 0.266 e. The van der Waals surface area contributed by atoms with Crippen LogP contribution in [0.5, 0.6) is 0 Å². The zero-order valence-corrected chi connectivity index (χ0v) is 11.2. The summed E-state index contributed by atoms with van der Waals surface area (Å²) < 4.78 is 26.1. The van der Waals surface area contributed by atoms with Crippen LogP contribution >= 0.6 is 0 Å². The molecular weight excluding hydrogens is 264 g/mol. The predicted molar refractivity (Wildman–Crippen MR) is 76.6 cm³/mol. The summed E-state index contributed by atoms with van der Waals surface area (Å²) in [5, 5.41) is 13.4. The normalized spacial score (nSPS) is 17.6. The van der Waals surface area contributed by atoms with Crippen molar-refractivity contribution in [2.75, 3.05) is 25.1 Å². The first-order chi connectivity index (χ1) is 9.43. The highest BCUT2D eigenvalue weighted by atomic mass is 19.3. The number of hydrazone groups is 1. The second kappa shape index (κ2) is 5.44. The highest BCUT2D eigenvalue weighted by Crippen LogP contribution is 2.26. The van der Waals surface area contributed by atoms with Gasteiger partial charge in [-0.25, -0.2) is 8.78 Å². The van der Waals surface area contributed by atoms with Gasteiger partial charge in [-0.3, -0.25) is 10.4 Å². The van der Waals surface area contributed by atoms with Crippen molar-refractivity contribution in [2.45, 2.75) is 12.3 Å². The molecule has 0 aromatic carbocycles. The molecule has 2 N–H and O–H groups in total. The van der Waals surface area contributed by atoms with Gasteiger partial charge in [0.1, 0.15) is 11.7 Å². The minimum Gasteiger partial charge on any atom is -0.349 e. The van der Waals surface area contributed by atoms with Crippen LogP contribution in [-0.2, 0) is 0 Å². The molecule has 20 heavy (non-hydrogen) atoms. The van der Waals surface area contributed by atoms with E-state index in [0.717, 1.165) is 11.4 Å². The van der Waals surface area contributed by atoms with Crippen LogP contribution in [0.3, 0.4) is 0 Å². The molecule has 1 aliphatic rings. The van der Waals surface area contributed by atoms with Crippen LogP contribution in [0.15, 0.2) is 23.9 Å². The molecule has 0 aliphatic carbocycles. The van der Waals surface area contributed by atoms with E-state index in [1.165, 1.54) is 11.1 Å². The average molecular weight is 281 g/mol. The van der Waals surface area contributed by atoms with Gasteiger partial charge in [0.15, 0.2) is 0 Å². The van der Waals surface area contributed by atoms with Crippen LogP contribution in [0.25, 0.3) is 6.08 Å². The molecule has 0 unspecified atom stereocenters. The summed E-state index contributed by atoms with van der Waals surface area (Å²) in [6.07, 6.45) is 4.50. The number of amidine groups is 1. The second-order valence-corrected chi connectivity index (χ2v) is 4.67. The summed E-state index contributed by atoms with van der Waals surface area (Å²) in [7, 11) is 1.71. The van der Waals surface area contributed by atoms with Crippen LogP contribution in [0.2, 0.25) is 0 Å². The van der Waals surface area contributed by atoms with Crippen molar-refractivity contribution < 1.29 is 8.78 Å². The lowest BCUT2D eigenvalue weighted by molar-refractivity contribution is 0.0176. The highest BCUT2D eigenvalue weighted by Gasteiger charge is 2.38. The molecule has 0 amide bonds. The SMILES string of the molecule is C=Cc1cc[nH]c1N(C)/N=C\C(=N)N1CCC(F)(F)C1. The second-order valence-electron chi connectivity index (χ2n) is 4.67. The number of anilines is 1. The fourth-order valence-electron chi connectivity index (χ4n) is 2.04. The molecule has 1 aromatic heterocycles. The van der Waals surface area contributed by atoms with E-state index < -0.39 is 12.5 Å². The molecule has 1 fully saturated rings. The van der Waals surface area contributed by atoms with Gasteiger partial charge >= 0.3 is 0 Å². The fraction of sp³-hybridized carbons (Fsp3) is 0.385. The zero-order valence-electron chi connectivity index (χ0n) is 11.2. The fourth-order valence-corrected chi connectivity index (χ4v) is 2.04. The molecule has 0 radical (unpaired) electrons. The topological polar surface area (TPSA) is 58.5 Å². The van der Waals surface area contributed by atoms with Crippen molar-refractivity contribution in [3.63, 3.8) is 0 Å². The van der Waals surface area contributed by atoms with Gasteiger partial charge in [-0.05, 0) is 6.07 Å². The molecule has 0 spiro atoms. The predicted octanol–water partition coefficient (Wildman–Crippen LogP) is 2.40. The van der Waals surface area contributed by atoms with Gasteiger partial charge < -0.3 is 9.88 Å². The van der Waals surface area contributed by atoms with Crippen molar-refractivity contribution >= 4 is 23.9 Å². The van der Waals surface area contributed by atoms with Gasteiger partial charge in [-0.2, -0.15) is 5.10 Å². The number of rotatable bonds is 4. The lowest BCUT2D eigenvalue weighted by Crippen LogP contribution is -2.32. The summed E-state index contributed by atoms with van der Waals surface area (Å²) in [6.45, 7) is 3.46. The van der Waals surface area contributed by atoms with Gasteiger partial charge in [-0.15, -0.1) is 0 Å². The third-order valence-corrected chi connectivity index (χ3v) is 3.16. The Balaban J connectivity index is 1.99. The Bertz CT molecular complexity index is 535. The average Bonchev–Trinajstić information content (AvgIpc) is 3.01. The van der Waals surface area contributed by atoms with Gasteiger partial charge in [0.05, 0.1) is 12.8 Å². The molecule has 0 bridgehead atoms. The number of aromatic nitrogens is 1. The first-order valence-corrected chi connectivity index (χ1v) is 6.22. The Morgan fingerprint density at radius 3 is 3.00 bits per heavy atom. The molecule has 7 heteroatoms. The summed E-state index contributed by atoms with van der Waals surface area (Å²) in [5.74, 6) is -1.99. The van der Waals surface area contributed by atoms with E-state index in [2.05, 4.69) is 16.7 Å². The number of hydrogen-bond donors (Lipinski definition) is 2. The molecule has 1 aromatic rings. The minimum absolute atomic E-state index is 0.0132. The van der Waals surface area contributed by atoms with Gasteiger partial charge in [0, 0.05) is 31.8 Å². The van der Waals surface area contributed by atoms with Crippen LogP contribution < -0.4 is 5.01 Å². The Morgan fingerprint density at radius 1 is 1.65 bits per heavy atom. The molecule has 0 saturated carbocycles. The monoisotopic (exact) mass is 281 g/mol.